The number of piperidine rings is 1. The Labute approximate surface area is 164 Å². The summed E-state index contributed by atoms with van der Waals surface area (Å²) in [5.74, 6) is 0.383. The highest BCUT2D eigenvalue weighted by Crippen LogP contribution is 2.27. The van der Waals surface area contributed by atoms with Crippen molar-refractivity contribution in [2.75, 3.05) is 33.2 Å². The normalized spacial score (nSPS) is 23.3. The molecule has 0 radical (unpaired) electrons. The SMILES string of the molecule is CNCC1CCCN(C(=O)C2CCCN2C(=O)c2cc(Cl)cc(Cl)c2)C1. The van der Waals surface area contributed by atoms with Crippen molar-refractivity contribution in [2.24, 2.45) is 5.92 Å². The first-order valence-corrected chi connectivity index (χ1v) is 9.95. The van der Waals surface area contributed by atoms with E-state index in [1.807, 2.05) is 11.9 Å². The molecule has 0 aliphatic carbocycles. The summed E-state index contributed by atoms with van der Waals surface area (Å²) >= 11 is 12.1. The number of hydrogen-bond acceptors (Lipinski definition) is 3. The lowest BCUT2D eigenvalue weighted by Gasteiger charge is -2.36. The predicted molar refractivity (Wildman–Crippen MR) is 104 cm³/mol. The maximum absolute atomic E-state index is 13.1. The molecule has 2 aliphatic rings. The van der Waals surface area contributed by atoms with Crippen molar-refractivity contribution in [3.05, 3.63) is 33.8 Å². The molecule has 1 aromatic rings. The fourth-order valence-corrected chi connectivity index (χ4v) is 4.57. The molecule has 0 saturated carbocycles. The minimum atomic E-state index is -0.381. The second-order valence-corrected chi connectivity index (χ2v) is 8.04. The third-order valence-corrected chi connectivity index (χ3v) is 5.67. The molecule has 2 amide bonds. The molecule has 2 atom stereocenters. The summed E-state index contributed by atoms with van der Waals surface area (Å²) in [5, 5.41) is 4.05. The molecule has 142 valence electrons. The molecule has 0 bridgehead atoms. The van der Waals surface area contributed by atoms with Gasteiger partial charge in [0.15, 0.2) is 0 Å². The Morgan fingerprint density at radius 2 is 1.81 bits per heavy atom. The third kappa shape index (κ3) is 4.33. The van der Waals surface area contributed by atoms with Crippen molar-refractivity contribution in [3.8, 4) is 0 Å². The van der Waals surface area contributed by atoms with Crippen LogP contribution in [0, 0.1) is 5.92 Å². The molecule has 2 saturated heterocycles. The number of halogens is 2. The summed E-state index contributed by atoms with van der Waals surface area (Å²) in [5.41, 5.74) is 0.439. The zero-order valence-electron chi connectivity index (χ0n) is 15.0. The van der Waals surface area contributed by atoms with E-state index in [9.17, 15) is 9.59 Å². The predicted octanol–water partition coefficient (Wildman–Crippen LogP) is 3.06. The standard InChI is InChI=1S/C19H25Cl2N3O2/c1-22-11-13-4-2-6-23(12-13)19(26)17-5-3-7-24(17)18(25)14-8-15(20)10-16(21)9-14/h8-10,13,17,22H,2-7,11-12H2,1H3. The second-order valence-electron chi connectivity index (χ2n) is 7.16. The number of benzene rings is 1. The number of carbonyl (C=O) groups is 2. The van der Waals surface area contributed by atoms with Crippen LogP contribution in [-0.2, 0) is 4.79 Å². The van der Waals surface area contributed by atoms with E-state index in [2.05, 4.69) is 5.32 Å². The summed E-state index contributed by atoms with van der Waals surface area (Å²) in [6.45, 7) is 3.05. The van der Waals surface area contributed by atoms with Gasteiger partial charge in [-0.05, 0) is 63.4 Å². The average Bonchev–Trinajstić information content (AvgIpc) is 3.09. The van der Waals surface area contributed by atoms with Crippen LogP contribution < -0.4 is 5.32 Å². The molecule has 0 spiro atoms. The number of nitrogens with zero attached hydrogens (tertiary/aromatic N) is 2. The lowest BCUT2D eigenvalue weighted by Crippen LogP contribution is -2.51. The highest BCUT2D eigenvalue weighted by molar-refractivity contribution is 6.35. The highest BCUT2D eigenvalue weighted by atomic mass is 35.5. The summed E-state index contributed by atoms with van der Waals surface area (Å²) in [4.78, 5) is 29.7. The monoisotopic (exact) mass is 397 g/mol. The molecule has 2 heterocycles. The van der Waals surface area contributed by atoms with Crippen molar-refractivity contribution in [2.45, 2.75) is 31.7 Å². The van der Waals surface area contributed by atoms with Crippen molar-refractivity contribution in [1.29, 1.82) is 0 Å². The molecule has 3 rings (SSSR count). The van der Waals surface area contributed by atoms with E-state index in [1.165, 1.54) is 0 Å². The van der Waals surface area contributed by atoms with Crippen LogP contribution in [0.15, 0.2) is 18.2 Å². The van der Waals surface area contributed by atoms with Crippen LogP contribution in [0.4, 0.5) is 0 Å². The molecular formula is C19H25Cl2N3O2. The Bertz CT molecular complexity index is 660. The van der Waals surface area contributed by atoms with Gasteiger partial charge >= 0.3 is 0 Å². The van der Waals surface area contributed by atoms with Crippen LogP contribution in [0.5, 0.6) is 0 Å². The number of carbonyl (C=O) groups excluding carboxylic acids is 2. The molecule has 2 aliphatic heterocycles. The Hall–Kier alpha value is -1.30. The molecule has 0 aromatic heterocycles. The lowest BCUT2D eigenvalue weighted by atomic mass is 9.97. The third-order valence-electron chi connectivity index (χ3n) is 5.23. The van der Waals surface area contributed by atoms with Crippen LogP contribution in [0.3, 0.4) is 0 Å². The summed E-state index contributed by atoms with van der Waals surface area (Å²) in [7, 11) is 1.94. The maximum Gasteiger partial charge on any atom is 0.254 e. The van der Waals surface area contributed by atoms with Gasteiger partial charge in [-0.3, -0.25) is 9.59 Å². The van der Waals surface area contributed by atoms with Gasteiger partial charge < -0.3 is 15.1 Å². The van der Waals surface area contributed by atoms with Gasteiger partial charge in [-0.25, -0.2) is 0 Å². The first-order chi connectivity index (χ1) is 12.5. The molecule has 7 heteroatoms. The number of amides is 2. The van der Waals surface area contributed by atoms with Gasteiger partial charge in [-0.2, -0.15) is 0 Å². The van der Waals surface area contributed by atoms with E-state index < -0.39 is 0 Å². The van der Waals surface area contributed by atoms with E-state index in [4.69, 9.17) is 23.2 Å². The van der Waals surface area contributed by atoms with Crippen LogP contribution >= 0.6 is 23.2 Å². The molecule has 2 fully saturated rings. The highest BCUT2D eigenvalue weighted by Gasteiger charge is 2.38. The number of likely N-dealkylation sites (tertiary alicyclic amines) is 2. The first kappa shape index (κ1) is 19.5. The smallest absolute Gasteiger partial charge is 0.254 e. The van der Waals surface area contributed by atoms with Crippen molar-refractivity contribution < 1.29 is 9.59 Å². The van der Waals surface area contributed by atoms with E-state index in [0.717, 1.165) is 38.9 Å². The van der Waals surface area contributed by atoms with Gasteiger partial charge in [-0.15, -0.1) is 0 Å². The fourth-order valence-electron chi connectivity index (χ4n) is 4.04. The van der Waals surface area contributed by atoms with E-state index >= 15 is 0 Å². The quantitative estimate of drug-likeness (QED) is 0.848. The number of nitrogens with one attached hydrogen (secondary N) is 1. The van der Waals surface area contributed by atoms with Crippen molar-refractivity contribution in [1.82, 2.24) is 15.1 Å². The Morgan fingerprint density at radius 3 is 2.50 bits per heavy atom. The minimum Gasteiger partial charge on any atom is -0.341 e. The van der Waals surface area contributed by atoms with Crippen LogP contribution in [0.25, 0.3) is 0 Å². The Balaban J connectivity index is 1.73. The van der Waals surface area contributed by atoms with E-state index in [0.29, 0.717) is 34.5 Å². The van der Waals surface area contributed by atoms with Crippen LogP contribution in [0.1, 0.15) is 36.0 Å². The van der Waals surface area contributed by atoms with Gasteiger partial charge in [-0.1, -0.05) is 23.2 Å². The zero-order valence-corrected chi connectivity index (χ0v) is 16.5. The molecule has 2 unspecified atom stereocenters. The maximum atomic E-state index is 13.1. The van der Waals surface area contributed by atoms with E-state index in [1.54, 1.807) is 23.1 Å². The second kappa shape index (κ2) is 8.59. The molecule has 1 N–H and O–H groups in total. The van der Waals surface area contributed by atoms with Crippen LogP contribution in [-0.4, -0.2) is 60.9 Å². The molecular weight excluding hydrogens is 373 g/mol. The summed E-state index contributed by atoms with van der Waals surface area (Å²) < 4.78 is 0. The number of hydrogen-bond donors (Lipinski definition) is 1. The molecule has 1 aromatic carbocycles. The van der Waals surface area contributed by atoms with Crippen molar-refractivity contribution >= 4 is 35.0 Å². The Kier molecular flexibility index (Phi) is 6.43. The average molecular weight is 398 g/mol. The van der Waals surface area contributed by atoms with Gasteiger partial charge in [0.2, 0.25) is 5.91 Å². The lowest BCUT2D eigenvalue weighted by molar-refractivity contribution is -0.137. The van der Waals surface area contributed by atoms with Gasteiger partial charge in [0.05, 0.1) is 0 Å². The van der Waals surface area contributed by atoms with Gasteiger partial charge in [0.1, 0.15) is 6.04 Å². The minimum absolute atomic E-state index is 0.0739. The number of rotatable bonds is 4. The fraction of sp³-hybridized carbons (Fsp3) is 0.579. The summed E-state index contributed by atoms with van der Waals surface area (Å²) in [6.07, 6.45) is 3.71. The zero-order chi connectivity index (χ0) is 18.7. The van der Waals surface area contributed by atoms with E-state index in [-0.39, 0.29) is 17.9 Å². The van der Waals surface area contributed by atoms with Gasteiger partial charge in [0.25, 0.3) is 5.91 Å². The Morgan fingerprint density at radius 1 is 1.12 bits per heavy atom. The van der Waals surface area contributed by atoms with Crippen molar-refractivity contribution in [3.63, 3.8) is 0 Å². The van der Waals surface area contributed by atoms with Crippen LogP contribution in [0.2, 0.25) is 10.0 Å². The van der Waals surface area contributed by atoms with Gasteiger partial charge in [0, 0.05) is 35.2 Å². The summed E-state index contributed by atoms with van der Waals surface area (Å²) in [6, 6.07) is 4.44. The molecule has 26 heavy (non-hydrogen) atoms. The molecule has 5 nitrogen and oxygen atoms in total. The largest absolute Gasteiger partial charge is 0.341 e. The topological polar surface area (TPSA) is 52.7 Å². The first-order valence-electron chi connectivity index (χ1n) is 9.20.